The van der Waals surface area contributed by atoms with Gasteiger partial charge in [-0.3, -0.25) is 0 Å². The number of benzene rings is 2. The Kier molecular flexibility index (Phi) is 3.97. The molecule has 0 saturated carbocycles. The van der Waals surface area contributed by atoms with Crippen molar-refractivity contribution in [1.82, 2.24) is 0 Å². The lowest BCUT2D eigenvalue weighted by molar-refractivity contribution is 0.605. The van der Waals surface area contributed by atoms with Crippen LogP contribution in [0.1, 0.15) is 22.1 Å². The van der Waals surface area contributed by atoms with E-state index in [1.165, 1.54) is 18.2 Å². The molecule has 0 fully saturated rings. The number of alkyl halides is 1. The zero-order valence-corrected chi connectivity index (χ0v) is 10.7. The Bertz CT molecular complexity index is 532. The summed E-state index contributed by atoms with van der Waals surface area (Å²) in [4.78, 5) is 0. The van der Waals surface area contributed by atoms with Crippen molar-refractivity contribution in [2.75, 3.05) is 0 Å². The summed E-state index contributed by atoms with van der Waals surface area (Å²) in [6, 6.07) is 11.1. The van der Waals surface area contributed by atoms with Crippen LogP contribution in [0.5, 0.6) is 0 Å². The number of hydrogen-bond donors (Lipinski definition) is 0. The zero-order chi connectivity index (χ0) is 13.1. The second-order valence-electron chi connectivity index (χ2n) is 4.32. The molecule has 0 bridgehead atoms. The van der Waals surface area contributed by atoms with Crippen LogP contribution in [0, 0.1) is 18.6 Å². The van der Waals surface area contributed by atoms with E-state index < -0.39 is 5.38 Å². The average Bonchev–Trinajstić information content (AvgIpc) is 2.31. The Morgan fingerprint density at radius 3 is 2.50 bits per heavy atom. The summed E-state index contributed by atoms with van der Waals surface area (Å²) >= 11 is 6.22. The number of aryl methyl sites for hydroxylation is 1. The number of halogens is 3. The van der Waals surface area contributed by atoms with Crippen molar-refractivity contribution < 1.29 is 8.78 Å². The van der Waals surface area contributed by atoms with Crippen molar-refractivity contribution in [1.29, 1.82) is 0 Å². The van der Waals surface area contributed by atoms with E-state index in [9.17, 15) is 8.78 Å². The summed E-state index contributed by atoms with van der Waals surface area (Å²) < 4.78 is 26.8. The van der Waals surface area contributed by atoms with Crippen LogP contribution < -0.4 is 0 Å². The molecule has 0 aliphatic heterocycles. The van der Waals surface area contributed by atoms with Gasteiger partial charge in [0.2, 0.25) is 0 Å². The van der Waals surface area contributed by atoms with Crippen LogP contribution in [-0.2, 0) is 6.42 Å². The van der Waals surface area contributed by atoms with Crippen LogP contribution >= 0.6 is 11.6 Å². The maximum atomic E-state index is 13.5. The van der Waals surface area contributed by atoms with Gasteiger partial charge in [-0.1, -0.05) is 24.3 Å². The number of hydrogen-bond acceptors (Lipinski definition) is 0. The van der Waals surface area contributed by atoms with Gasteiger partial charge in [-0.25, -0.2) is 8.78 Å². The van der Waals surface area contributed by atoms with Crippen molar-refractivity contribution in [2.45, 2.75) is 18.7 Å². The second-order valence-corrected chi connectivity index (χ2v) is 4.85. The molecule has 0 radical (unpaired) electrons. The molecule has 0 amide bonds. The molecular formula is C15H13ClF2. The molecule has 0 saturated heterocycles. The van der Waals surface area contributed by atoms with Gasteiger partial charge < -0.3 is 0 Å². The molecule has 0 N–H and O–H groups in total. The highest BCUT2D eigenvalue weighted by Gasteiger charge is 2.12. The van der Waals surface area contributed by atoms with Gasteiger partial charge in [0.25, 0.3) is 0 Å². The minimum absolute atomic E-state index is 0.281. The summed E-state index contributed by atoms with van der Waals surface area (Å²) in [5, 5.41) is -0.434. The Morgan fingerprint density at radius 1 is 1.11 bits per heavy atom. The minimum atomic E-state index is -0.434. The lowest BCUT2D eigenvalue weighted by Gasteiger charge is -2.11. The van der Waals surface area contributed by atoms with Crippen molar-refractivity contribution in [2.24, 2.45) is 0 Å². The SMILES string of the molecule is Cc1cc(F)cc(C(Cl)Cc2ccccc2F)c1. The standard InChI is InChI=1S/C15H13ClF2/c1-10-6-12(8-13(17)7-10)14(16)9-11-4-2-3-5-15(11)18/h2-8,14H,9H2,1H3. The van der Waals surface area contributed by atoms with Crippen LogP contribution in [0.25, 0.3) is 0 Å². The van der Waals surface area contributed by atoms with Gasteiger partial charge in [0, 0.05) is 0 Å². The Hall–Kier alpha value is -1.41. The Balaban J connectivity index is 2.22. The van der Waals surface area contributed by atoms with E-state index in [0.29, 0.717) is 17.5 Å². The molecule has 0 aliphatic carbocycles. The molecule has 94 valence electrons. The van der Waals surface area contributed by atoms with Gasteiger partial charge in [0.05, 0.1) is 5.38 Å². The molecule has 1 unspecified atom stereocenters. The smallest absolute Gasteiger partial charge is 0.126 e. The topological polar surface area (TPSA) is 0 Å². The molecule has 2 aromatic rings. The van der Waals surface area contributed by atoms with Gasteiger partial charge in [0.1, 0.15) is 11.6 Å². The Labute approximate surface area is 110 Å². The maximum Gasteiger partial charge on any atom is 0.126 e. The van der Waals surface area contributed by atoms with Gasteiger partial charge >= 0.3 is 0 Å². The van der Waals surface area contributed by atoms with Crippen molar-refractivity contribution in [3.63, 3.8) is 0 Å². The van der Waals surface area contributed by atoms with E-state index in [1.54, 1.807) is 25.1 Å². The van der Waals surface area contributed by atoms with Crippen LogP contribution in [0.15, 0.2) is 42.5 Å². The van der Waals surface area contributed by atoms with E-state index >= 15 is 0 Å². The van der Waals surface area contributed by atoms with Crippen molar-refractivity contribution >= 4 is 11.6 Å². The summed E-state index contributed by atoms with van der Waals surface area (Å²) in [5.74, 6) is -0.597. The monoisotopic (exact) mass is 266 g/mol. The normalized spacial score (nSPS) is 12.4. The van der Waals surface area contributed by atoms with E-state index in [0.717, 1.165) is 5.56 Å². The summed E-state index contributed by atoms with van der Waals surface area (Å²) in [5.41, 5.74) is 2.03. The van der Waals surface area contributed by atoms with E-state index in [4.69, 9.17) is 11.6 Å². The van der Waals surface area contributed by atoms with Crippen LogP contribution in [-0.4, -0.2) is 0 Å². The van der Waals surface area contributed by atoms with Gasteiger partial charge in [0.15, 0.2) is 0 Å². The van der Waals surface area contributed by atoms with Crippen molar-refractivity contribution in [3.8, 4) is 0 Å². The highest BCUT2D eigenvalue weighted by atomic mass is 35.5. The fourth-order valence-corrected chi connectivity index (χ4v) is 2.21. The maximum absolute atomic E-state index is 13.5. The van der Waals surface area contributed by atoms with Gasteiger partial charge in [-0.15, -0.1) is 11.6 Å². The quantitative estimate of drug-likeness (QED) is 0.701. The van der Waals surface area contributed by atoms with Crippen LogP contribution in [0.3, 0.4) is 0 Å². The highest BCUT2D eigenvalue weighted by Crippen LogP contribution is 2.27. The van der Waals surface area contributed by atoms with Crippen LogP contribution in [0.2, 0.25) is 0 Å². The third-order valence-corrected chi connectivity index (χ3v) is 3.19. The summed E-state index contributed by atoms with van der Waals surface area (Å²) in [6.07, 6.45) is 0.344. The molecule has 1 atom stereocenters. The summed E-state index contributed by atoms with van der Waals surface area (Å²) in [7, 11) is 0. The third kappa shape index (κ3) is 3.08. The van der Waals surface area contributed by atoms with E-state index in [1.807, 2.05) is 6.07 Å². The lowest BCUT2D eigenvalue weighted by Crippen LogP contribution is -1.99. The zero-order valence-electron chi connectivity index (χ0n) is 9.96. The van der Waals surface area contributed by atoms with Gasteiger partial charge in [-0.05, 0) is 48.2 Å². The summed E-state index contributed by atoms with van der Waals surface area (Å²) in [6.45, 7) is 1.80. The lowest BCUT2D eigenvalue weighted by atomic mass is 10.0. The average molecular weight is 267 g/mol. The first-order valence-electron chi connectivity index (χ1n) is 5.71. The first kappa shape index (κ1) is 13.0. The molecule has 2 rings (SSSR count). The Morgan fingerprint density at radius 2 is 1.83 bits per heavy atom. The van der Waals surface area contributed by atoms with E-state index in [-0.39, 0.29) is 11.6 Å². The second kappa shape index (κ2) is 5.49. The minimum Gasteiger partial charge on any atom is -0.207 e. The fourth-order valence-electron chi connectivity index (χ4n) is 1.92. The molecule has 2 aromatic carbocycles. The molecule has 18 heavy (non-hydrogen) atoms. The largest absolute Gasteiger partial charge is 0.207 e. The van der Waals surface area contributed by atoms with Crippen LogP contribution in [0.4, 0.5) is 8.78 Å². The fraction of sp³-hybridized carbons (Fsp3) is 0.200. The first-order chi connectivity index (χ1) is 8.56. The number of rotatable bonds is 3. The molecule has 0 spiro atoms. The molecule has 0 nitrogen and oxygen atoms in total. The van der Waals surface area contributed by atoms with E-state index in [2.05, 4.69) is 0 Å². The molecule has 0 aliphatic rings. The predicted molar refractivity (Wildman–Crippen MR) is 69.8 cm³/mol. The molecule has 0 heterocycles. The molecule has 3 heteroatoms. The molecule has 0 aromatic heterocycles. The highest BCUT2D eigenvalue weighted by molar-refractivity contribution is 6.20. The third-order valence-electron chi connectivity index (χ3n) is 2.78. The molecular weight excluding hydrogens is 254 g/mol. The predicted octanol–water partition coefficient (Wildman–Crippen LogP) is 4.80. The van der Waals surface area contributed by atoms with Crippen molar-refractivity contribution in [3.05, 3.63) is 70.8 Å². The van der Waals surface area contributed by atoms with Gasteiger partial charge in [-0.2, -0.15) is 0 Å². The first-order valence-corrected chi connectivity index (χ1v) is 6.14.